The average Bonchev–Trinajstić information content (AvgIpc) is 2.73. The summed E-state index contributed by atoms with van der Waals surface area (Å²) in [6, 6.07) is 5.20. The van der Waals surface area contributed by atoms with Crippen LogP contribution in [0.4, 0.5) is 5.69 Å². The van der Waals surface area contributed by atoms with E-state index >= 15 is 0 Å². The number of aryl methyl sites for hydroxylation is 1. The highest BCUT2D eigenvalue weighted by Crippen LogP contribution is 2.25. The summed E-state index contributed by atoms with van der Waals surface area (Å²) in [5.41, 5.74) is 1.09. The standard InChI is InChI=1S/C21H30N4O6S2/c1-7-25(8-2)33(30,31)17-9-10-21(27)24(13-17)14-20(26)22-19-12-18(11-15(3)16(19)4)32(28,29)23(5)6/h9-13H,7-8,14H2,1-6H3,(H,22,26). The Balaban J connectivity index is 2.38. The monoisotopic (exact) mass is 498 g/mol. The maximum atomic E-state index is 12.8. The molecule has 0 fully saturated rings. The quantitative estimate of drug-likeness (QED) is 0.557. The molecule has 0 radical (unpaired) electrons. The number of carbonyl (C=O) groups excluding carboxylic acids is 1. The fourth-order valence-electron chi connectivity index (χ4n) is 3.16. The van der Waals surface area contributed by atoms with Crippen molar-refractivity contribution in [3.05, 3.63) is 51.9 Å². The third kappa shape index (κ3) is 5.69. The van der Waals surface area contributed by atoms with E-state index in [1.54, 1.807) is 27.7 Å². The SMILES string of the molecule is CCN(CC)S(=O)(=O)c1ccc(=O)n(CC(=O)Nc2cc(S(=O)(=O)N(C)C)cc(C)c2C)c1. The number of amides is 1. The van der Waals surface area contributed by atoms with E-state index in [2.05, 4.69) is 5.32 Å². The fraction of sp³-hybridized carbons (Fsp3) is 0.429. The van der Waals surface area contributed by atoms with Gasteiger partial charge in [0.1, 0.15) is 6.54 Å². The number of nitrogens with zero attached hydrogens (tertiary/aromatic N) is 3. The Morgan fingerprint density at radius 1 is 0.970 bits per heavy atom. The molecule has 0 saturated heterocycles. The number of carbonyl (C=O) groups is 1. The van der Waals surface area contributed by atoms with Gasteiger partial charge in [0.25, 0.3) is 5.56 Å². The Labute approximate surface area is 194 Å². The summed E-state index contributed by atoms with van der Waals surface area (Å²) in [5.74, 6) is -0.601. The molecule has 12 heteroatoms. The van der Waals surface area contributed by atoms with Crippen molar-refractivity contribution in [3.63, 3.8) is 0 Å². The predicted octanol–water partition coefficient (Wildman–Crippen LogP) is 1.38. The molecule has 1 amide bonds. The molecule has 0 bridgehead atoms. The van der Waals surface area contributed by atoms with Crippen molar-refractivity contribution in [2.75, 3.05) is 32.5 Å². The number of aromatic nitrogens is 1. The summed E-state index contributed by atoms with van der Waals surface area (Å²) in [4.78, 5) is 24.9. The number of rotatable bonds is 9. The second kappa shape index (κ2) is 10.2. The van der Waals surface area contributed by atoms with Crippen molar-refractivity contribution in [2.24, 2.45) is 0 Å². The van der Waals surface area contributed by atoms with Gasteiger partial charge in [-0.1, -0.05) is 13.8 Å². The van der Waals surface area contributed by atoms with Crippen LogP contribution in [0.1, 0.15) is 25.0 Å². The summed E-state index contributed by atoms with van der Waals surface area (Å²) in [6.45, 7) is 6.97. The number of hydrogen-bond donors (Lipinski definition) is 1. The van der Waals surface area contributed by atoms with Gasteiger partial charge in [0, 0.05) is 45.1 Å². The highest BCUT2D eigenvalue weighted by Gasteiger charge is 2.23. The third-order valence-corrected chi connectivity index (χ3v) is 9.13. The molecule has 0 aliphatic carbocycles. The van der Waals surface area contributed by atoms with Crippen LogP contribution >= 0.6 is 0 Å². The number of pyridine rings is 1. The molecule has 1 aromatic heterocycles. The van der Waals surface area contributed by atoms with Crippen molar-refractivity contribution in [2.45, 2.75) is 44.0 Å². The molecule has 2 rings (SSSR count). The smallest absolute Gasteiger partial charge is 0.251 e. The van der Waals surface area contributed by atoms with Gasteiger partial charge in [0.15, 0.2) is 0 Å². The molecule has 2 aromatic rings. The van der Waals surface area contributed by atoms with Gasteiger partial charge in [-0.15, -0.1) is 0 Å². The van der Waals surface area contributed by atoms with Crippen LogP contribution in [0, 0.1) is 13.8 Å². The highest BCUT2D eigenvalue weighted by molar-refractivity contribution is 7.89. The molecule has 0 saturated carbocycles. The Bertz CT molecular complexity index is 1310. The molecule has 0 aliphatic heterocycles. The Hall–Kier alpha value is -2.54. The Kier molecular flexibility index (Phi) is 8.22. The van der Waals surface area contributed by atoms with Crippen LogP contribution < -0.4 is 10.9 Å². The molecule has 0 unspecified atom stereocenters. The number of hydrogen-bond acceptors (Lipinski definition) is 6. The first-order chi connectivity index (χ1) is 15.2. The largest absolute Gasteiger partial charge is 0.324 e. The van der Waals surface area contributed by atoms with Gasteiger partial charge in [-0.3, -0.25) is 9.59 Å². The molecule has 10 nitrogen and oxygen atoms in total. The summed E-state index contributed by atoms with van der Waals surface area (Å²) in [5, 5.41) is 2.64. The van der Waals surface area contributed by atoms with E-state index in [4.69, 9.17) is 0 Å². The van der Waals surface area contributed by atoms with Crippen LogP contribution in [0.3, 0.4) is 0 Å². The zero-order chi connectivity index (χ0) is 25.1. The minimum absolute atomic E-state index is 0.0235. The molecule has 0 aliphatic rings. The fourth-order valence-corrected chi connectivity index (χ4v) is 5.65. The van der Waals surface area contributed by atoms with Crippen molar-refractivity contribution < 1.29 is 21.6 Å². The van der Waals surface area contributed by atoms with Crippen LogP contribution in [0.25, 0.3) is 0 Å². The minimum Gasteiger partial charge on any atom is -0.324 e. The molecule has 1 aromatic carbocycles. The summed E-state index contributed by atoms with van der Waals surface area (Å²) < 4.78 is 53.9. The molecule has 0 atom stereocenters. The molecule has 182 valence electrons. The second-order valence-corrected chi connectivity index (χ2v) is 11.8. The van der Waals surface area contributed by atoms with Crippen molar-refractivity contribution in [1.82, 2.24) is 13.2 Å². The van der Waals surface area contributed by atoms with Gasteiger partial charge in [-0.2, -0.15) is 4.31 Å². The van der Waals surface area contributed by atoms with Gasteiger partial charge in [0.05, 0.1) is 9.79 Å². The van der Waals surface area contributed by atoms with Gasteiger partial charge in [-0.05, 0) is 43.2 Å². The van der Waals surface area contributed by atoms with Gasteiger partial charge < -0.3 is 9.88 Å². The second-order valence-electron chi connectivity index (χ2n) is 7.67. The third-order valence-electron chi connectivity index (χ3n) is 5.31. The van der Waals surface area contributed by atoms with Crippen molar-refractivity contribution >= 4 is 31.6 Å². The van der Waals surface area contributed by atoms with Gasteiger partial charge in [-0.25, -0.2) is 21.1 Å². The van der Waals surface area contributed by atoms with Gasteiger partial charge >= 0.3 is 0 Å². The summed E-state index contributed by atoms with van der Waals surface area (Å²) in [6.07, 6.45) is 1.14. The number of nitrogens with one attached hydrogen (secondary N) is 1. The van der Waals surface area contributed by atoms with Crippen LogP contribution in [-0.2, 0) is 31.4 Å². The zero-order valence-electron chi connectivity index (χ0n) is 19.6. The van der Waals surface area contributed by atoms with Crippen molar-refractivity contribution in [1.29, 1.82) is 0 Å². The van der Waals surface area contributed by atoms with E-state index in [9.17, 15) is 26.4 Å². The van der Waals surface area contributed by atoms with Crippen molar-refractivity contribution in [3.8, 4) is 0 Å². The lowest BCUT2D eigenvalue weighted by Gasteiger charge is -2.19. The van der Waals surface area contributed by atoms with E-state index in [1.165, 1.54) is 36.6 Å². The van der Waals surface area contributed by atoms with Crippen LogP contribution in [0.2, 0.25) is 0 Å². The number of sulfonamides is 2. The summed E-state index contributed by atoms with van der Waals surface area (Å²) >= 11 is 0. The normalized spacial score (nSPS) is 12.4. The van der Waals surface area contributed by atoms with E-state index in [-0.39, 0.29) is 22.9 Å². The van der Waals surface area contributed by atoms with Crippen LogP contribution in [0.5, 0.6) is 0 Å². The predicted molar refractivity (Wildman–Crippen MR) is 126 cm³/mol. The van der Waals surface area contributed by atoms with Gasteiger partial charge in [0.2, 0.25) is 26.0 Å². The first kappa shape index (κ1) is 26.7. The molecule has 0 spiro atoms. The summed E-state index contributed by atoms with van der Waals surface area (Å²) in [7, 11) is -4.70. The lowest BCUT2D eigenvalue weighted by Crippen LogP contribution is -2.33. The Morgan fingerprint density at radius 3 is 2.12 bits per heavy atom. The average molecular weight is 499 g/mol. The van der Waals surface area contributed by atoms with E-state index < -0.39 is 38.1 Å². The van der Waals surface area contributed by atoms with E-state index in [1.807, 2.05) is 0 Å². The zero-order valence-corrected chi connectivity index (χ0v) is 21.2. The first-order valence-electron chi connectivity index (χ1n) is 10.3. The number of anilines is 1. The topological polar surface area (TPSA) is 126 Å². The molecule has 1 N–H and O–H groups in total. The number of benzene rings is 1. The lowest BCUT2D eigenvalue weighted by atomic mass is 10.1. The van der Waals surface area contributed by atoms with Crippen LogP contribution in [-0.4, -0.2) is 63.1 Å². The lowest BCUT2D eigenvalue weighted by molar-refractivity contribution is -0.116. The minimum atomic E-state index is -3.81. The maximum absolute atomic E-state index is 12.8. The van der Waals surface area contributed by atoms with Crippen LogP contribution in [0.15, 0.2) is 45.0 Å². The molecule has 1 heterocycles. The first-order valence-corrected chi connectivity index (χ1v) is 13.2. The maximum Gasteiger partial charge on any atom is 0.251 e. The highest BCUT2D eigenvalue weighted by atomic mass is 32.2. The van der Waals surface area contributed by atoms with E-state index in [0.717, 1.165) is 21.1 Å². The molecular weight excluding hydrogens is 468 g/mol. The Morgan fingerprint density at radius 2 is 1.58 bits per heavy atom. The van der Waals surface area contributed by atoms with E-state index in [0.29, 0.717) is 16.8 Å². The molecule has 33 heavy (non-hydrogen) atoms. The molecular formula is C21H30N4O6S2.